The molecular formula is C22H19F2N3O5. The first-order valence-corrected chi connectivity index (χ1v) is 9.53. The average molecular weight is 443 g/mol. The monoisotopic (exact) mass is 443 g/mol. The summed E-state index contributed by atoms with van der Waals surface area (Å²) in [5.41, 5.74) is 1.11. The molecule has 0 aliphatic carbocycles. The van der Waals surface area contributed by atoms with Crippen molar-refractivity contribution in [1.29, 1.82) is 0 Å². The van der Waals surface area contributed by atoms with E-state index in [1.165, 1.54) is 19.2 Å². The molecule has 0 unspecified atom stereocenters. The Morgan fingerprint density at radius 1 is 1.03 bits per heavy atom. The summed E-state index contributed by atoms with van der Waals surface area (Å²) >= 11 is 0. The Labute approximate surface area is 181 Å². The van der Waals surface area contributed by atoms with E-state index in [-0.39, 0.29) is 36.0 Å². The lowest BCUT2D eigenvalue weighted by molar-refractivity contribution is -0.147. The third-order valence-electron chi connectivity index (χ3n) is 4.15. The van der Waals surface area contributed by atoms with Gasteiger partial charge < -0.3 is 19.8 Å². The second kappa shape index (κ2) is 10.3. The average Bonchev–Trinajstić information content (AvgIpc) is 3.20. The van der Waals surface area contributed by atoms with Crippen molar-refractivity contribution in [2.24, 2.45) is 0 Å². The van der Waals surface area contributed by atoms with Crippen molar-refractivity contribution < 1.29 is 32.3 Å². The molecule has 10 heteroatoms. The summed E-state index contributed by atoms with van der Waals surface area (Å²) in [4.78, 5) is 38.8. The van der Waals surface area contributed by atoms with Gasteiger partial charge in [-0.15, -0.1) is 0 Å². The molecule has 0 saturated heterocycles. The summed E-state index contributed by atoms with van der Waals surface area (Å²) in [5.74, 6) is -2.61. The molecule has 3 aromatic rings. The van der Waals surface area contributed by atoms with Crippen LogP contribution in [0.3, 0.4) is 0 Å². The van der Waals surface area contributed by atoms with Gasteiger partial charge in [-0.05, 0) is 36.4 Å². The molecule has 0 saturated carbocycles. The maximum Gasteiger partial charge on any atom is 0.306 e. The number of ether oxygens (including phenoxy) is 1. The van der Waals surface area contributed by atoms with Crippen LogP contribution in [0.5, 0.6) is 0 Å². The lowest BCUT2D eigenvalue weighted by atomic mass is 10.2. The van der Waals surface area contributed by atoms with E-state index in [9.17, 15) is 23.2 Å². The fourth-order valence-corrected chi connectivity index (χ4v) is 2.70. The minimum Gasteiger partial charge on any atom is -0.456 e. The van der Waals surface area contributed by atoms with Crippen molar-refractivity contribution in [3.05, 3.63) is 66.2 Å². The van der Waals surface area contributed by atoms with Crippen molar-refractivity contribution in [2.75, 3.05) is 17.2 Å². The Hall–Kier alpha value is -4.08. The number of aromatic nitrogens is 1. The largest absolute Gasteiger partial charge is 0.456 e. The molecule has 166 valence electrons. The molecule has 8 nitrogen and oxygen atoms in total. The SMILES string of the molecule is CC(=O)Nc1ccc(NC(=O)COC(=O)CCc2ncc(-c3ccc(F)cc3F)o2)cc1. The first-order valence-electron chi connectivity index (χ1n) is 9.53. The molecule has 1 aromatic heterocycles. The van der Waals surface area contributed by atoms with Gasteiger partial charge in [0.05, 0.1) is 18.2 Å². The highest BCUT2D eigenvalue weighted by molar-refractivity contribution is 5.93. The minimum atomic E-state index is -0.789. The highest BCUT2D eigenvalue weighted by atomic mass is 19.1. The Morgan fingerprint density at radius 3 is 2.38 bits per heavy atom. The van der Waals surface area contributed by atoms with Crippen LogP contribution in [-0.4, -0.2) is 29.4 Å². The molecule has 2 amide bonds. The van der Waals surface area contributed by atoms with Crippen molar-refractivity contribution in [2.45, 2.75) is 19.8 Å². The third-order valence-corrected chi connectivity index (χ3v) is 4.15. The van der Waals surface area contributed by atoms with Crippen LogP contribution in [0.15, 0.2) is 53.1 Å². The lowest BCUT2D eigenvalue weighted by Gasteiger charge is -2.07. The number of nitrogens with one attached hydrogen (secondary N) is 2. The Balaban J connectivity index is 1.43. The van der Waals surface area contributed by atoms with Crippen LogP contribution in [0.2, 0.25) is 0 Å². The van der Waals surface area contributed by atoms with E-state index in [1.807, 2.05) is 0 Å². The quantitative estimate of drug-likeness (QED) is 0.514. The van der Waals surface area contributed by atoms with Crippen LogP contribution in [0, 0.1) is 11.6 Å². The maximum absolute atomic E-state index is 13.8. The van der Waals surface area contributed by atoms with Gasteiger partial charge in [-0.25, -0.2) is 13.8 Å². The van der Waals surface area contributed by atoms with E-state index in [1.54, 1.807) is 24.3 Å². The molecular weight excluding hydrogens is 424 g/mol. The van der Waals surface area contributed by atoms with Gasteiger partial charge in [0, 0.05) is 30.8 Å². The van der Waals surface area contributed by atoms with E-state index in [4.69, 9.17) is 9.15 Å². The highest BCUT2D eigenvalue weighted by Gasteiger charge is 2.14. The Morgan fingerprint density at radius 2 is 1.72 bits per heavy atom. The van der Waals surface area contributed by atoms with E-state index in [0.29, 0.717) is 11.4 Å². The van der Waals surface area contributed by atoms with Gasteiger partial charge in [-0.1, -0.05) is 0 Å². The van der Waals surface area contributed by atoms with Gasteiger partial charge >= 0.3 is 5.97 Å². The van der Waals surface area contributed by atoms with E-state index in [2.05, 4.69) is 15.6 Å². The first kappa shape index (κ1) is 22.6. The molecule has 0 atom stereocenters. The number of rotatable bonds is 8. The third kappa shape index (κ3) is 6.46. The topological polar surface area (TPSA) is 111 Å². The summed E-state index contributed by atoms with van der Waals surface area (Å²) in [6, 6.07) is 9.48. The number of hydrogen-bond acceptors (Lipinski definition) is 6. The number of amides is 2. The first-order chi connectivity index (χ1) is 15.3. The van der Waals surface area contributed by atoms with Crippen LogP contribution in [-0.2, 0) is 25.5 Å². The van der Waals surface area contributed by atoms with Gasteiger partial charge in [0.1, 0.15) is 11.6 Å². The highest BCUT2D eigenvalue weighted by Crippen LogP contribution is 2.24. The summed E-state index contributed by atoms with van der Waals surface area (Å²) in [7, 11) is 0. The van der Waals surface area contributed by atoms with Gasteiger partial charge in [0.2, 0.25) is 5.91 Å². The summed E-state index contributed by atoms with van der Waals surface area (Å²) in [6.45, 7) is 0.903. The van der Waals surface area contributed by atoms with E-state index >= 15 is 0 Å². The fraction of sp³-hybridized carbons (Fsp3) is 0.182. The Kier molecular flexibility index (Phi) is 7.27. The number of nitrogens with zero attached hydrogens (tertiary/aromatic N) is 1. The van der Waals surface area contributed by atoms with Crippen LogP contribution < -0.4 is 10.6 Å². The van der Waals surface area contributed by atoms with E-state index in [0.717, 1.165) is 12.1 Å². The number of aryl methyl sites for hydroxylation is 1. The van der Waals surface area contributed by atoms with Crippen LogP contribution in [0.25, 0.3) is 11.3 Å². The van der Waals surface area contributed by atoms with Gasteiger partial charge in [-0.2, -0.15) is 0 Å². The molecule has 0 bridgehead atoms. The predicted molar refractivity (Wildman–Crippen MR) is 111 cm³/mol. The second-order valence-corrected chi connectivity index (χ2v) is 6.71. The molecule has 2 aromatic carbocycles. The van der Waals surface area contributed by atoms with E-state index < -0.39 is 30.1 Å². The zero-order valence-electron chi connectivity index (χ0n) is 17.0. The second-order valence-electron chi connectivity index (χ2n) is 6.71. The van der Waals surface area contributed by atoms with Gasteiger partial charge in [0.25, 0.3) is 5.91 Å². The van der Waals surface area contributed by atoms with Crippen molar-refractivity contribution in [3.63, 3.8) is 0 Å². The molecule has 32 heavy (non-hydrogen) atoms. The number of anilines is 2. The summed E-state index contributed by atoms with van der Waals surface area (Å²) < 4.78 is 37.1. The molecule has 0 spiro atoms. The maximum atomic E-state index is 13.8. The zero-order valence-corrected chi connectivity index (χ0v) is 17.0. The number of oxazole rings is 1. The molecule has 0 radical (unpaired) electrons. The number of benzene rings is 2. The molecule has 0 fully saturated rings. The lowest BCUT2D eigenvalue weighted by Crippen LogP contribution is -2.21. The standard InChI is InChI=1S/C22H19F2N3O5/c1-13(28)26-15-3-5-16(6-4-15)27-20(29)12-31-22(30)9-8-21-25-11-19(32-21)17-7-2-14(23)10-18(17)24/h2-7,10-11H,8-9,12H2,1H3,(H,26,28)(H,27,29). The zero-order chi connectivity index (χ0) is 23.1. The number of carbonyl (C=O) groups is 3. The molecule has 1 heterocycles. The van der Waals surface area contributed by atoms with Gasteiger partial charge in [0.15, 0.2) is 18.3 Å². The van der Waals surface area contributed by atoms with Crippen molar-refractivity contribution >= 4 is 29.2 Å². The minimum absolute atomic E-state index is 0.0505. The number of carbonyl (C=O) groups excluding carboxylic acids is 3. The Bertz CT molecular complexity index is 1130. The van der Waals surface area contributed by atoms with Crippen molar-refractivity contribution in [1.82, 2.24) is 4.98 Å². The molecule has 0 aliphatic rings. The number of hydrogen-bond donors (Lipinski definition) is 2. The molecule has 0 aliphatic heterocycles. The smallest absolute Gasteiger partial charge is 0.306 e. The van der Waals surface area contributed by atoms with Crippen molar-refractivity contribution in [3.8, 4) is 11.3 Å². The number of esters is 1. The van der Waals surface area contributed by atoms with Crippen LogP contribution in [0.4, 0.5) is 20.2 Å². The number of halogens is 2. The van der Waals surface area contributed by atoms with Gasteiger partial charge in [-0.3, -0.25) is 14.4 Å². The summed E-state index contributed by atoms with van der Waals surface area (Å²) in [5, 5.41) is 5.16. The van der Waals surface area contributed by atoms with Crippen LogP contribution >= 0.6 is 0 Å². The molecule has 2 N–H and O–H groups in total. The normalized spacial score (nSPS) is 10.5. The fourth-order valence-electron chi connectivity index (χ4n) is 2.70. The van der Waals surface area contributed by atoms with Crippen LogP contribution in [0.1, 0.15) is 19.2 Å². The summed E-state index contributed by atoms with van der Waals surface area (Å²) in [6.07, 6.45) is 1.25. The predicted octanol–water partition coefficient (Wildman–Crippen LogP) is 3.69. The molecule has 3 rings (SSSR count).